The molecule has 0 heterocycles. The van der Waals surface area contributed by atoms with E-state index in [9.17, 15) is 4.79 Å². The van der Waals surface area contributed by atoms with Gasteiger partial charge in [-0.1, -0.05) is 12.1 Å². The highest BCUT2D eigenvalue weighted by Crippen LogP contribution is 2.13. The standard InChI is InChI=1S/C17H18IN3O2/c1-21(2)15-7-3-13(4-8-15)11-19-20-17(22)12-23-16-9-5-14(18)6-10-16/h3-11H,12H2,1-2H3,(H,20,22)/b19-11+. The van der Waals surface area contributed by atoms with Crippen molar-refractivity contribution in [3.05, 3.63) is 57.7 Å². The number of hydrogen-bond donors (Lipinski definition) is 1. The summed E-state index contributed by atoms with van der Waals surface area (Å²) in [7, 11) is 3.97. The molecule has 0 atom stereocenters. The molecule has 120 valence electrons. The zero-order chi connectivity index (χ0) is 16.7. The van der Waals surface area contributed by atoms with Gasteiger partial charge < -0.3 is 9.64 Å². The van der Waals surface area contributed by atoms with E-state index in [1.807, 2.05) is 67.5 Å². The number of amides is 1. The number of anilines is 1. The molecule has 0 spiro atoms. The lowest BCUT2D eigenvalue weighted by Gasteiger charge is -2.11. The Morgan fingerprint density at radius 1 is 1.17 bits per heavy atom. The molecule has 2 aromatic rings. The number of carbonyl (C=O) groups is 1. The first-order valence-corrected chi connectivity index (χ1v) is 8.10. The third kappa shape index (κ3) is 5.90. The minimum absolute atomic E-state index is 0.0719. The van der Waals surface area contributed by atoms with Crippen LogP contribution in [0, 0.1) is 3.57 Å². The van der Waals surface area contributed by atoms with E-state index in [1.54, 1.807) is 6.21 Å². The van der Waals surface area contributed by atoms with Crippen molar-refractivity contribution >= 4 is 40.4 Å². The largest absolute Gasteiger partial charge is 0.484 e. The topological polar surface area (TPSA) is 53.9 Å². The number of benzene rings is 2. The minimum Gasteiger partial charge on any atom is -0.484 e. The minimum atomic E-state index is -0.301. The van der Waals surface area contributed by atoms with Crippen LogP contribution in [0.25, 0.3) is 0 Å². The zero-order valence-electron chi connectivity index (χ0n) is 13.0. The van der Waals surface area contributed by atoms with Crippen LogP contribution in [-0.2, 0) is 4.79 Å². The predicted octanol–water partition coefficient (Wildman–Crippen LogP) is 2.89. The first-order chi connectivity index (χ1) is 11.0. The van der Waals surface area contributed by atoms with Gasteiger partial charge in [-0.05, 0) is 64.6 Å². The molecule has 2 rings (SSSR count). The van der Waals surface area contributed by atoms with Gasteiger partial charge in [-0.15, -0.1) is 0 Å². The Kier molecular flexibility index (Phi) is 6.40. The van der Waals surface area contributed by atoms with Crippen molar-refractivity contribution in [2.75, 3.05) is 25.6 Å². The van der Waals surface area contributed by atoms with Crippen molar-refractivity contribution in [1.82, 2.24) is 5.43 Å². The second-order valence-electron chi connectivity index (χ2n) is 5.02. The molecule has 0 saturated heterocycles. The third-order valence-corrected chi connectivity index (χ3v) is 3.72. The maximum Gasteiger partial charge on any atom is 0.277 e. The Morgan fingerprint density at radius 2 is 1.83 bits per heavy atom. The fourth-order valence-corrected chi connectivity index (χ4v) is 2.11. The summed E-state index contributed by atoms with van der Waals surface area (Å²) in [6, 6.07) is 15.3. The van der Waals surface area contributed by atoms with Gasteiger partial charge in [-0.25, -0.2) is 5.43 Å². The van der Waals surface area contributed by atoms with Gasteiger partial charge in [0.25, 0.3) is 5.91 Å². The van der Waals surface area contributed by atoms with Gasteiger partial charge in [-0.2, -0.15) is 5.10 Å². The molecule has 2 aromatic carbocycles. The average Bonchev–Trinajstić information content (AvgIpc) is 2.55. The SMILES string of the molecule is CN(C)c1ccc(/C=N/NC(=O)COc2ccc(I)cc2)cc1. The Hall–Kier alpha value is -2.09. The number of nitrogens with zero attached hydrogens (tertiary/aromatic N) is 2. The molecule has 23 heavy (non-hydrogen) atoms. The van der Waals surface area contributed by atoms with Crippen molar-refractivity contribution in [2.24, 2.45) is 5.10 Å². The number of halogens is 1. The first kappa shape index (κ1) is 17.3. The van der Waals surface area contributed by atoms with Crippen LogP contribution in [0.2, 0.25) is 0 Å². The lowest BCUT2D eigenvalue weighted by atomic mass is 10.2. The van der Waals surface area contributed by atoms with Crippen molar-refractivity contribution in [1.29, 1.82) is 0 Å². The molecular formula is C17H18IN3O2. The summed E-state index contributed by atoms with van der Waals surface area (Å²) in [6.07, 6.45) is 1.60. The number of ether oxygens (including phenoxy) is 1. The third-order valence-electron chi connectivity index (χ3n) is 3.00. The van der Waals surface area contributed by atoms with E-state index in [-0.39, 0.29) is 12.5 Å². The van der Waals surface area contributed by atoms with Gasteiger partial charge in [-0.3, -0.25) is 4.79 Å². The predicted molar refractivity (Wildman–Crippen MR) is 101 cm³/mol. The average molecular weight is 423 g/mol. The molecule has 0 bridgehead atoms. The molecule has 0 fully saturated rings. The van der Waals surface area contributed by atoms with Gasteiger partial charge in [0, 0.05) is 23.4 Å². The van der Waals surface area contributed by atoms with Gasteiger partial charge in [0.05, 0.1) is 6.21 Å². The van der Waals surface area contributed by atoms with Crippen LogP contribution >= 0.6 is 22.6 Å². The van der Waals surface area contributed by atoms with E-state index in [0.717, 1.165) is 14.8 Å². The maximum atomic E-state index is 11.7. The highest BCUT2D eigenvalue weighted by Gasteiger charge is 2.01. The molecule has 6 heteroatoms. The summed E-state index contributed by atoms with van der Waals surface area (Å²) >= 11 is 2.21. The van der Waals surface area contributed by atoms with E-state index in [0.29, 0.717) is 5.75 Å². The molecule has 1 N–H and O–H groups in total. The molecule has 0 saturated carbocycles. The lowest BCUT2D eigenvalue weighted by molar-refractivity contribution is -0.123. The Labute approximate surface area is 149 Å². The Balaban J connectivity index is 1.78. The smallest absolute Gasteiger partial charge is 0.277 e. The van der Waals surface area contributed by atoms with Crippen LogP contribution in [0.15, 0.2) is 53.6 Å². The Morgan fingerprint density at radius 3 is 2.43 bits per heavy atom. The summed E-state index contributed by atoms with van der Waals surface area (Å²) < 4.78 is 6.49. The highest BCUT2D eigenvalue weighted by atomic mass is 127. The van der Waals surface area contributed by atoms with Crippen LogP contribution in [-0.4, -0.2) is 32.8 Å². The number of carbonyl (C=O) groups excluding carboxylic acids is 1. The summed E-state index contributed by atoms with van der Waals surface area (Å²) in [5.74, 6) is 0.355. The van der Waals surface area contributed by atoms with Crippen molar-refractivity contribution in [3.8, 4) is 5.75 Å². The maximum absolute atomic E-state index is 11.7. The number of hydrogen-bond acceptors (Lipinski definition) is 4. The molecule has 1 amide bonds. The molecule has 0 aliphatic heterocycles. The van der Waals surface area contributed by atoms with E-state index in [1.165, 1.54) is 0 Å². The van der Waals surface area contributed by atoms with Gasteiger partial charge >= 0.3 is 0 Å². The van der Waals surface area contributed by atoms with Crippen LogP contribution < -0.4 is 15.1 Å². The van der Waals surface area contributed by atoms with Crippen molar-refractivity contribution < 1.29 is 9.53 Å². The monoisotopic (exact) mass is 423 g/mol. The van der Waals surface area contributed by atoms with Crippen LogP contribution in [0.3, 0.4) is 0 Å². The van der Waals surface area contributed by atoms with Crippen molar-refractivity contribution in [3.63, 3.8) is 0 Å². The Bertz CT molecular complexity index is 667. The van der Waals surface area contributed by atoms with E-state index >= 15 is 0 Å². The van der Waals surface area contributed by atoms with Crippen LogP contribution in [0.4, 0.5) is 5.69 Å². The molecule has 0 radical (unpaired) electrons. The summed E-state index contributed by atoms with van der Waals surface area (Å²) in [5.41, 5.74) is 4.46. The molecule has 0 unspecified atom stereocenters. The van der Waals surface area contributed by atoms with Crippen molar-refractivity contribution in [2.45, 2.75) is 0 Å². The lowest BCUT2D eigenvalue weighted by Crippen LogP contribution is -2.24. The number of rotatable bonds is 6. The van der Waals surface area contributed by atoms with Gasteiger partial charge in [0.2, 0.25) is 0 Å². The number of nitrogens with one attached hydrogen (secondary N) is 1. The summed E-state index contributed by atoms with van der Waals surface area (Å²) in [4.78, 5) is 13.7. The zero-order valence-corrected chi connectivity index (χ0v) is 15.1. The fourth-order valence-electron chi connectivity index (χ4n) is 1.75. The first-order valence-electron chi connectivity index (χ1n) is 7.02. The fraction of sp³-hybridized carbons (Fsp3) is 0.176. The van der Waals surface area contributed by atoms with Crippen LogP contribution in [0.1, 0.15) is 5.56 Å². The van der Waals surface area contributed by atoms with Crippen LogP contribution in [0.5, 0.6) is 5.75 Å². The molecular weight excluding hydrogens is 405 g/mol. The highest BCUT2D eigenvalue weighted by molar-refractivity contribution is 14.1. The molecule has 0 aliphatic rings. The van der Waals surface area contributed by atoms with Gasteiger partial charge in [0.1, 0.15) is 5.75 Å². The second kappa shape index (κ2) is 8.52. The summed E-state index contributed by atoms with van der Waals surface area (Å²) in [5, 5.41) is 3.92. The van der Waals surface area contributed by atoms with E-state index < -0.39 is 0 Å². The normalized spacial score (nSPS) is 10.6. The number of hydrazone groups is 1. The summed E-state index contributed by atoms with van der Waals surface area (Å²) in [6.45, 7) is -0.0719. The second-order valence-corrected chi connectivity index (χ2v) is 6.27. The molecule has 5 nitrogen and oxygen atoms in total. The molecule has 0 aromatic heterocycles. The molecule has 0 aliphatic carbocycles. The van der Waals surface area contributed by atoms with E-state index in [4.69, 9.17) is 4.74 Å². The van der Waals surface area contributed by atoms with Gasteiger partial charge in [0.15, 0.2) is 6.61 Å². The quantitative estimate of drug-likeness (QED) is 0.442. The van der Waals surface area contributed by atoms with E-state index in [2.05, 4.69) is 33.1 Å².